The number of nitrogens with one attached hydrogen (secondary N) is 1. The number of aryl methyl sites for hydroxylation is 1. The van der Waals surface area contributed by atoms with Crippen molar-refractivity contribution < 1.29 is 9.59 Å². The Hall–Kier alpha value is -2.35. The molecule has 1 aliphatic heterocycles. The zero-order valence-corrected chi connectivity index (χ0v) is 14.3. The van der Waals surface area contributed by atoms with Crippen molar-refractivity contribution in [1.82, 2.24) is 25.4 Å². The van der Waals surface area contributed by atoms with Crippen LogP contribution in [0.25, 0.3) is 0 Å². The number of rotatable bonds is 6. The molecule has 126 valence electrons. The van der Waals surface area contributed by atoms with Gasteiger partial charge >= 0.3 is 0 Å². The molecule has 0 aliphatic carbocycles. The maximum atomic E-state index is 12.3. The highest BCUT2D eigenvalue weighted by atomic mass is 32.1. The van der Waals surface area contributed by atoms with E-state index < -0.39 is 0 Å². The van der Waals surface area contributed by atoms with Gasteiger partial charge in [0, 0.05) is 31.9 Å². The first kappa shape index (κ1) is 16.5. The molecule has 2 aromatic rings. The lowest BCUT2D eigenvalue weighted by Gasteiger charge is -2.16. The van der Waals surface area contributed by atoms with Gasteiger partial charge in [-0.1, -0.05) is 24.3 Å². The minimum absolute atomic E-state index is 0.00295. The van der Waals surface area contributed by atoms with Crippen molar-refractivity contribution in [2.24, 2.45) is 5.92 Å². The first-order valence-electron chi connectivity index (χ1n) is 7.91. The van der Waals surface area contributed by atoms with E-state index in [1.54, 1.807) is 17.3 Å². The maximum Gasteiger partial charge on any atom is 0.225 e. The normalized spacial score (nSPS) is 17.3. The molecule has 3 rings (SSSR count). The van der Waals surface area contributed by atoms with Gasteiger partial charge in [0.15, 0.2) is 0 Å². The predicted molar refractivity (Wildman–Crippen MR) is 88.9 cm³/mol. The van der Waals surface area contributed by atoms with E-state index in [0.717, 1.165) is 22.0 Å². The van der Waals surface area contributed by atoms with Crippen molar-refractivity contribution in [2.45, 2.75) is 32.9 Å². The highest BCUT2D eigenvalue weighted by Crippen LogP contribution is 2.20. The number of nitrogens with zero attached hydrogens (tertiary/aromatic N) is 4. The van der Waals surface area contributed by atoms with E-state index in [0.29, 0.717) is 19.6 Å². The first-order chi connectivity index (χ1) is 11.7. The molecule has 3 heterocycles. The molecule has 0 radical (unpaired) electrons. The summed E-state index contributed by atoms with van der Waals surface area (Å²) in [5, 5.41) is 12.7. The van der Waals surface area contributed by atoms with Crippen molar-refractivity contribution >= 4 is 23.2 Å². The average Bonchev–Trinajstić information content (AvgIpc) is 3.21. The van der Waals surface area contributed by atoms with Gasteiger partial charge in [0.25, 0.3) is 0 Å². The van der Waals surface area contributed by atoms with Gasteiger partial charge in [-0.3, -0.25) is 14.6 Å². The van der Waals surface area contributed by atoms with Gasteiger partial charge in [0.2, 0.25) is 11.8 Å². The molecule has 2 amide bonds. The van der Waals surface area contributed by atoms with Crippen molar-refractivity contribution in [3.8, 4) is 0 Å². The number of pyridine rings is 1. The highest BCUT2D eigenvalue weighted by molar-refractivity contribution is 7.11. The van der Waals surface area contributed by atoms with Gasteiger partial charge < -0.3 is 10.2 Å². The minimum atomic E-state index is -0.312. The van der Waals surface area contributed by atoms with Crippen LogP contribution >= 0.6 is 11.3 Å². The third kappa shape index (κ3) is 3.94. The number of carbonyl (C=O) groups is 2. The summed E-state index contributed by atoms with van der Waals surface area (Å²) < 4.78 is 0. The summed E-state index contributed by atoms with van der Waals surface area (Å²) >= 11 is 1.50. The van der Waals surface area contributed by atoms with E-state index in [2.05, 4.69) is 20.5 Å². The SMILES string of the molecule is CCc1nnc(CNC(=O)C2CC(=O)N(Cc3cccnc3)C2)s1. The van der Waals surface area contributed by atoms with Crippen LogP contribution in [-0.2, 0) is 29.1 Å². The van der Waals surface area contributed by atoms with Gasteiger partial charge in [-0.15, -0.1) is 10.2 Å². The standard InChI is InChI=1S/C16H19N5O2S/c1-2-13-19-20-14(24-13)8-18-16(23)12-6-15(22)21(10-12)9-11-4-3-5-17-7-11/h3-5,7,12H,2,6,8-10H2,1H3,(H,18,23). The van der Waals surface area contributed by atoms with Crippen molar-refractivity contribution in [3.05, 3.63) is 40.1 Å². The zero-order chi connectivity index (χ0) is 16.9. The third-order valence-corrected chi connectivity index (χ3v) is 4.97. The molecule has 0 spiro atoms. The Bertz CT molecular complexity index is 718. The average molecular weight is 345 g/mol. The molecular weight excluding hydrogens is 326 g/mol. The summed E-state index contributed by atoms with van der Waals surface area (Å²) in [7, 11) is 0. The van der Waals surface area contributed by atoms with E-state index in [4.69, 9.17) is 0 Å². The van der Waals surface area contributed by atoms with Crippen LogP contribution in [0.1, 0.15) is 28.9 Å². The minimum Gasteiger partial charge on any atom is -0.349 e. The van der Waals surface area contributed by atoms with E-state index in [1.807, 2.05) is 19.1 Å². The quantitative estimate of drug-likeness (QED) is 0.849. The van der Waals surface area contributed by atoms with Gasteiger partial charge in [0.05, 0.1) is 12.5 Å². The van der Waals surface area contributed by atoms with Crippen molar-refractivity contribution in [3.63, 3.8) is 0 Å². The summed E-state index contributed by atoms with van der Waals surface area (Å²) in [6.45, 7) is 3.32. The molecule has 1 unspecified atom stereocenters. The molecule has 8 heteroatoms. The Morgan fingerprint density at radius 1 is 1.42 bits per heavy atom. The Balaban J connectivity index is 1.52. The first-order valence-corrected chi connectivity index (χ1v) is 8.73. The Labute approximate surface area is 144 Å². The van der Waals surface area contributed by atoms with Gasteiger partial charge in [0.1, 0.15) is 10.0 Å². The largest absolute Gasteiger partial charge is 0.349 e. The summed E-state index contributed by atoms with van der Waals surface area (Å²) in [5.41, 5.74) is 0.966. The fourth-order valence-corrected chi connectivity index (χ4v) is 3.35. The molecular formula is C16H19N5O2S. The van der Waals surface area contributed by atoms with Crippen molar-refractivity contribution in [1.29, 1.82) is 0 Å². The van der Waals surface area contributed by atoms with E-state index in [9.17, 15) is 9.59 Å². The lowest BCUT2D eigenvalue weighted by Crippen LogP contribution is -2.32. The molecule has 0 bridgehead atoms. The fraction of sp³-hybridized carbons (Fsp3) is 0.438. The van der Waals surface area contributed by atoms with Gasteiger partial charge in [-0.2, -0.15) is 0 Å². The van der Waals surface area contributed by atoms with Gasteiger partial charge in [-0.25, -0.2) is 0 Å². The number of likely N-dealkylation sites (tertiary alicyclic amines) is 1. The highest BCUT2D eigenvalue weighted by Gasteiger charge is 2.34. The fourth-order valence-electron chi connectivity index (χ4n) is 2.62. The molecule has 1 N–H and O–H groups in total. The van der Waals surface area contributed by atoms with E-state index in [1.165, 1.54) is 11.3 Å². The smallest absolute Gasteiger partial charge is 0.225 e. The molecule has 1 saturated heterocycles. The van der Waals surface area contributed by atoms with Crippen LogP contribution in [0.3, 0.4) is 0 Å². The van der Waals surface area contributed by atoms with Crippen LogP contribution in [0.2, 0.25) is 0 Å². The molecule has 24 heavy (non-hydrogen) atoms. The number of hydrogen-bond donors (Lipinski definition) is 1. The topological polar surface area (TPSA) is 88.1 Å². The monoisotopic (exact) mass is 345 g/mol. The van der Waals surface area contributed by atoms with Crippen LogP contribution in [0.4, 0.5) is 0 Å². The Kier molecular flexibility index (Phi) is 5.14. The zero-order valence-electron chi connectivity index (χ0n) is 13.4. The maximum absolute atomic E-state index is 12.3. The number of hydrogen-bond acceptors (Lipinski definition) is 6. The molecule has 0 saturated carbocycles. The predicted octanol–water partition coefficient (Wildman–Crippen LogP) is 1.16. The number of amides is 2. The van der Waals surface area contributed by atoms with Crippen LogP contribution < -0.4 is 5.32 Å². The van der Waals surface area contributed by atoms with Crippen LogP contribution in [0, 0.1) is 5.92 Å². The Morgan fingerprint density at radius 2 is 2.25 bits per heavy atom. The second-order valence-corrected chi connectivity index (χ2v) is 6.84. The summed E-state index contributed by atoms with van der Waals surface area (Å²) in [6, 6.07) is 3.77. The lowest BCUT2D eigenvalue weighted by atomic mass is 10.1. The van der Waals surface area contributed by atoms with Crippen LogP contribution in [0.5, 0.6) is 0 Å². The summed E-state index contributed by atoms with van der Waals surface area (Å²) in [4.78, 5) is 30.2. The summed E-state index contributed by atoms with van der Waals surface area (Å²) in [5.74, 6) is -0.416. The number of aromatic nitrogens is 3. The second kappa shape index (κ2) is 7.48. The second-order valence-electron chi connectivity index (χ2n) is 5.70. The van der Waals surface area contributed by atoms with Gasteiger partial charge in [-0.05, 0) is 18.1 Å². The lowest BCUT2D eigenvalue weighted by molar-refractivity contribution is -0.129. The Morgan fingerprint density at radius 3 is 2.96 bits per heavy atom. The summed E-state index contributed by atoms with van der Waals surface area (Å²) in [6.07, 6.45) is 4.53. The molecule has 7 nitrogen and oxygen atoms in total. The molecule has 2 aromatic heterocycles. The van der Waals surface area contributed by atoms with E-state index in [-0.39, 0.29) is 24.2 Å². The third-order valence-electron chi connectivity index (χ3n) is 3.91. The molecule has 1 fully saturated rings. The molecule has 0 aromatic carbocycles. The molecule has 1 aliphatic rings. The van der Waals surface area contributed by atoms with Crippen LogP contribution in [0.15, 0.2) is 24.5 Å². The van der Waals surface area contributed by atoms with Crippen LogP contribution in [-0.4, -0.2) is 38.4 Å². The van der Waals surface area contributed by atoms with E-state index >= 15 is 0 Å². The van der Waals surface area contributed by atoms with Crippen molar-refractivity contribution in [2.75, 3.05) is 6.54 Å². The number of carbonyl (C=O) groups excluding carboxylic acids is 2. The molecule has 1 atom stereocenters.